The number of likely N-dealkylation sites (N-methyl/N-ethyl adjacent to an activating group) is 1. The monoisotopic (exact) mass is 318 g/mol. The standard InChI is InChI=1S/C13H22N4O3.ClH/c1-3-6-16(10-4-5-14-7-10)12(19)9-17-11(18)8-15(2)13(17)20;/h10,14H,3-9H2,1-2H3;1H. The number of urea groups is 1. The van der Waals surface area contributed by atoms with Gasteiger partial charge in [-0.15, -0.1) is 12.4 Å². The van der Waals surface area contributed by atoms with E-state index in [2.05, 4.69) is 5.32 Å². The van der Waals surface area contributed by atoms with E-state index in [0.717, 1.165) is 30.8 Å². The number of carbonyl (C=O) groups excluding carboxylic acids is 3. The Morgan fingerprint density at radius 3 is 2.62 bits per heavy atom. The minimum Gasteiger partial charge on any atom is -0.337 e. The lowest BCUT2D eigenvalue weighted by Crippen LogP contribution is -2.48. The maximum atomic E-state index is 12.4. The highest BCUT2D eigenvalue weighted by Crippen LogP contribution is 2.13. The van der Waals surface area contributed by atoms with Crippen molar-refractivity contribution in [2.24, 2.45) is 0 Å². The van der Waals surface area contributed by atoms with E-state index in [1.54, 1.807) is 11.9 Å². The van der Waals surface area contributed by atoms with Gasteiger partial charge in [0.05, 0.1) is 0 Å². The first kappa shape index (κ1) is 17.7. The van der Waals surface area contributed by atoms with Gasteiger partial charge in [0.25, 0.3) is 5.91 Å². The summed E-state index contributed by atoms with van der Waals surface area (Å²) in [6, 6.07) is -0.211. The van der Waals surface area contributed by atoms with Crippen molar-refractivity contribution >= 4 is 30.3 Å². The van der Waals surface area contributed by atoms with Crippen molar-refractivity contribution in [2.75, 3.05) is 39.8 Å². The highest BCUT2D eigenvalue weighted by molar-refractivity contribution is 6.04. The summed E-state index contributed by atoms with van der Waals surface area (Å²) in [7, 11) is 1.56. The third-order valence-electron chi connectivity index (χ3n) is 3.78. The second-order valence-corrected chi connectivity index (χ2v) is 5.35. The first-order chi connectivity index (χ1) is 9.54. The third kappa shape index (κ3) is 3.85. The van der Waals surface area contributed by atoms with Crippen LogP contribution in [-0.4, -0.2) is 78.4 Å². The van der Waals surface area contributed by atoms with Crippen molar-refractivity contribution in [1.82, 2.24) is 20.0 Å². The van der Waals surface area contributed by atoms with Gasteiger partial charge in [0.1, 0.15) is 13.1 Å². The van der Waals surface area contributed by atoms with E-state index in [-0.39, 0.29) is 49.4 Å². The number of carbonyl (C=O) groups is 3. The van der Waals surface area contributed by atoms with Crippen molar-refractivity contribution in [3.63, 3.8) is 0 Å². The van der Waals surface area contributed by atoms with E-state index in [1.807, 2.05) is 6.92 Å². The first-order valence-electron chi connectivity index (χ1n) is 7.10. The van der Waals surface area contributed by atoms with E-state index >= 15 is 0 Å². The van der Waals surface area contributed by atoms with E-state index in [9.17, 15) is 14.4 Å². The molecule has 0 spiro atoms. The Morgan fingerprint density at radius 2 is 2.14 bits per heavy atom. The van der Waals surface area contributed by atoms with E-state index in [4.69, 9.17) is 0 Å². The Balaban J connectivity index is 0.00000220. The molecule has 0 aromatic rings. The topological polar surface area (TPSA) is 73.0 Å². The molecule has 0 saturated carbocycles. The molecule has 1 N–H and O–H groups in total. The molecule has 2 rings (SSSR count). The van der Waals surface area contributed by atoms with Crippen LogP contribution in [0.5, 0.6) is 0 Å². The lowest BCUT2D eigenvalue weighted by Gasteiger charge is -2.29. The maximum Gasteiger partial charge on any atom is 0.327 e. The van der Waals surface area contributed by atoms with Gasteiger partial charge >= 0.3 is 6.03 Å². The van der Waals surface area contributed by atoms with Gasteiger partial charge in [-0.1, -0.05) is 6.92 Å². The molecule has 1 unspecified atom stereocenters. The quantitative estimate of drug-likeness (QED) is 0.719. The molecule has 4 amide bonds. The summed E-state index contributed by atoms with van der Waals surface area (Å²) < 4.78 is 0. The number of amides is 4. The van der Waals surface area contributed by atoms with Gasteiger partial charge in [0, 0.05) is 26.2 Å². The van der Waals surface area contributed by atoms with Gasteiger partial charge in [0.15, 0.2) is 0 Å². The van der Waals surface area contributed by atoms with Crippen LogP contribution in [0.4, 0.5) is 4.79 Å². The SMILES string of the molecule is CCCN(C(=O)CN1C(=O)CN(C)C1=O)C1CCNC1.Cl. The zero-order chi connectivity index (χ0) is 14.7. The molecular weight excluding hydrogens is 296 g/mol. The molecule has 21 heavy (non-hydrogen) atoms. The molecular formula is C13H23ClN4O3. The fraction of sp³-hybridized carbons (Fsp3) is 0.769. The molecule has 2 saturated heterocycles. The van der Waals surface area contributed by atoms with E-state index in [1.165, 1.54) is 4.90 Å². The van der Waals surface area contributed by atoms with Crippen LogP contribution in [0.1, 0.15) is 19.8 Å². The van der Waals surface area contributed by atoms with E-state index < -0.39 is 0 Å². The molecule has 0 bridgehead atoms. The van der Waals surface area contributed by atoms with Gasteiger partial charge < -0.3 is 15.1 Å². The minimum absolute atomic E-state index is 0. The Bertz CT molecular complexity index is 412. The maximum absolute atomic E-state index is 12.4. The van der Waals surface area contributed by atoms with Gasteiger partial charge in [-0.05, 0) is 19.4 Å². The Hall–Kier alpha value is -1.34. The molecule has 0 aromatic heterocycles. The Kier molecular flexibility index (Phi) is 6.42. The highest BCUT2D eigenvalue weighted by Gasteiger charge is 2.36. The molecule has 7 nitrogen and oxygen atoms in total. The zero-order valence-corrected chi connectivity index (χ0v) is 13.3. The summed E-state index contributed by atoms with van der Waals surface area (Å²) in [5, 5.41) is 3.23. The summed E-state index contributed by atoms with van der Waals surface area (Å²) in [4.78, 5) is 40.1. The van der Waals surface area contributed by atoms with Crippen molar-refractivity contribution in [1.29, 1.82) is 0 Å². The number of hydrogen-bond donors (Lipinski definition) is 1. The summed E-state index contributed by atoms with van der Waals surface area (Å²) in [5.41, 5.74) is 0. The second-order valence-electron chi connectivity index (χ2n) is 5.35. The highest BCUT2D eigenvalue weighted by atomic mass is 35.5. The largest absolute Gasteiger partial charge is 0.337 e. The number of nitrogens with zero attached hydrogens (tertiary/aromatic N) is 3. The van der Waals surface area contributed by atoms with Crippen LogP contribution in [0.2, 0.25) is 0 Å². The summed E-state index contributed by atoms with van der Waals surface area (Å²) in [5.74, 6) is -0.440. The van der Waals surface area contributed by atoms with Crippen LogP contribution >= 0.6 is 12.4 Å². The molecule has 1 atom stereocenters. The Labute approximate surface area is 131 Å². The number of rotatable bonds is 5. The predicted molar refractivity (Wildman–Crippen MR) is 80.3 cm³/mol. The van der Waals surface area contributed by atoms with Gasteiger partial charge in [-0.25, -0.2) is 4.79 Å². The number of imide groups is 1. The smallest absolute Gasteiger partial charge is 0.327 e. The van der Waals surface area contributed by atoms with Gasteiger partial charge in [0.2, 0.25) is 5.91 Å². The number of nitrogens with one attached hydrogen (secondary N) is 1. The third-order valence-corrected chi connectivity index (χ3v) is 3.78. The van der Waals surface area contributed by atoms with Crippen LogP contribution in [0.25, 0.3) is 0 Å². The van der Waals surface area contributed by atoms with Crippen molar-refractivity contribution in [2.45, 2.75) is 25.8 Å². The molecule has 2 aliphatic rings. The van der Waals surface area contributed by atoms with Gasteiger partial charge in [-0.2, -0.15) is 0 Å². The van der Waals surface area contributed by atoms with Crippen LogP contribution in [0.15, 0.2) is 0 Å². The van der Waals surface area contributed by atoms with Crippen LogP contribution in [0.3, 0.4) is 0 Å². The molecule has 2 aliphatic heterocycles. The van der Waals surface area contributed by atoms with Crippen LogP contribution in [-0.2, 0) is 9.59 Å². The Morgan fingerprint density at radius 1 is 1.43 bits per heavy atom. The predicted octanol–water partition coefficient (Wildman–Crippen LogP) is -0.0973. The molecule has 2 heterocycles. The average molecular weight is 319 g/mol. The van der Waals surface area contributed by atoms with Gasteiger partial charge in [-0.3, -0.25) is 14.5 Å². The average Bonchev–Trinajstić information content (AvgIpc) is 3.01. The summed E-state index contributed by atoms with van der Waals surface area (Å²) >= 11 is 0. The number of halogens is 1. The normalized spacial score (nSPS) is 21.7. The zero-order valence-electron chi connectivity index (χ0n) is 12.5. The minimum atomic E-state index is -0.385. The summed E-state index contributed by atoms with van der Waals surface area (Å²) in [6.07, 6.45) is 1.79. The lowest BCUT2D eigenvalue weighted by atomic mass is 10.2. The molecule has 0 radical (unpaired) electrons. The van der Waals surface area contributed by atoms with Crippen molar-refractivity contribution in [3.8, 4) is 0 Å². The lowest BCUT2D eigenvalue weighted by molar-refractivity contribution is -0.138. The molecule has 0 aliphatic carbocycles. The summed E-state index contributed by atoms with van der Waals surface area (Å²) in [6.45, 7) is 4.29. The van der Waals surface area contributed by atoms with Crippen molar-refractivity contribution < 1.29 is 14.4 Å². The fourth-order valence-electron chi connectivity index (χ4n) is 2.71. The van der Waals surface area contributed by atoms with Crippen LogP contribution in [0, 0.1) is 0 Å². The molecule has 0 aromatic carbocycles. The fourth-order valence-corrected chi connectivity index (χ4v) is 2.71. The molecule has 120 valence electrons. The second kappa shape index (κ2) is 7.61. The van der Waals surface area contributed by atoms with E-state index in [0.29, 0.717) is 6.54 Å². The first-order valence-corrected chi connectivity index (χ1v) is 7.10. The molecule has 8 heteroatoms. The van der Waals surface area contributed by atoms with Crippen LogP contribution < -0.4 is 5.32 Å². The van der Waals surface area contributed by atoms with Crippen molar-refractivity contribution in [3.05, 3.63) is 0 Å². The molecule has 2 fully saturated rings. The number of hydrogen-bond acceptors (Lipinski definition) is 4.